The molecule has 8 aromatic carbocycles. The van der Waals surface area contributed by atoms with Gasteiger partial charge in [-0.25, -0.2) is 0 Å². The van der Waals surface area contributed by atoms with Crippen molar-refractivity contribution in [3.8, 4) is 22.3 Å². The predicted octanol–water partition coefficient (Wildman–Crippen LogP) is 13.0. The maximum absolute atomic E-state index is 2.49. The Labute approximate surface area is 300 Å². The SMILES string of the molecule is CC1(C)c2ccccc2C2(c3ccccc3-c3ccc(N(c4cccc(-c5ccccc5)c4)c4ccc5ccccc5c4)cc32)c2ccccc21. The first kappa shape index (κ1) is 29.7. The maximum atomic E-state index is 2.49. The van der Waals surface area contributed by atoms with Crippen molar-refractivity contribution in [1.82, 2.24) is 0 Å². The minimum Gasteiger partial charge on any atom is -0.310 e. The standard InChI is InChI=1S/C50H37N/c1-49(2)44-23-10-12-25-46(44)50(47-26-13-11-24-45(47)49)43-22-9-8-21-41(43)42-30-29-40(33-48(42)50)51(39-28-27-35-17-6-7-18-36(35)32-39)38-20-14-19-37(31-38)34-15-4-3-5-16-34/h3-33H,1-2H3. The summed E-state index contributed by atoms with van der Waals surface area (Å²) in [7, 11) is 0. The molecule has 2 aliphatic carbocycles. The highest BCUT2D eigenvalue weighted by Gasteiger charge is 2.53. The van der Waals surface area contributed by atoms with Gasteiger partial charge in [-0.05, 0) is 103 Å². The van der Waals surface area contributed by atoms with Crippen molar-refractivity contribution >= 4 is 27.8 Å². The second-order valence-electron chi connectivity index (χ2n) is 14.5. The summed E-state index contributed by atoms with van der Waals surface area (Å²) in [6, 6.07) is 69.8. The van der Waals surface area contributed by atoms with Crippen molar-refractivity contribution in [2.45, 2.75) is 24.7 Å². The van der Waals surface area contributed by atoms with Crippen molar-refractivity contribution in [2.24, 2.45) is 0 Å². The number of hydrogen-bond donors (Lipinski definition) is 0. The Kier molecular flexibility index (Phi) is 6.51. The van der Waals surface area contributed by atoms with E-state index < -0.39 is 5.41 Å². The second-order valence-corrected chi connectivity index (χ2v) is 14.5. The topological polar surface area (TPSA) is 3.24 Å². The highest BCUT2D eigenvalue weighted by atomic mass is 15.1. The van der Waals surface area contributed by atoms with Crippen LogP contribution in [0, 0.1) is 0 Å². The van der Waals surface area contributed by atoms with Gasteiger partial charge in [0.15, 0.2) is 0 Å². The molecule has 0 saturated heterocycles. The third-order valence-electron chi connectivity index (χ3n) is 11.5. The Balaban J connectivity index is 1.27. The van der Waals surface area contributed by atoms with E-state index >= 15 is 0 Å². The van der Waals surface area contributed by atoms with Crippen LogP contribution < -0.4 is 4.90 Å². The maximum Gasteiger partial charge on any atom is 0.0720 e. The normalized spacial score (nSPS) is 14.4. The predicted molar refractivity (Wildman–Crippen MR) is 213 cm³/mol. The first-order valence-corrected chi connectivity index (χ1v) is 17.9. The van der Waals surface area contributed by atoms with Gasteiger partial charge < -0.3 is 4.90 Å². The van der Waals surface area contributed by atoms with Gasteiger partial charge in [0.05, 0.1) is 5.41 Å². The number of rotatable bonds is 4. The first-order chi connectivity index (χ1) is 25.0. The minimum absolute atomic E-state index is 0.136. The van der Waals surface area contributed by atoms with Crippen molar-refractivity contribution in [2.75, 3.05) is 4.90 Å². The molecule has 1 nitrogen and oxygen atoms in total. The minimum atomic E-state index is -0.453. The first-order valence-electron chi connectivity index (χ1n) is 17.9. The summed E-state index contributed by atoms with van der Waals surface area (Å²) in [5.74, 6) is 0. The van der Waals surface area contributed by atoms with E-state index in [-0.39, 0.29) is 5.41 Å². The Hall–Kier alpha value is -6.18. The molecule has 0 N–H and O–H groups in total. The van der Waals surface area contributed by atoms with E-state index in [1.54, 1.807) is 0 Å². The van der Waals surface area contributed by atoms with Crippen LogP contribution in [0.1, 0.15) is 47.2 Å². The summed E-state index contributed by atoms with van der Waals surface area (Å²) in [4.78, 5) is 2.44. The van der Waals surface area contributed by atoms with Gasteiger partial charge in [0.1, 0.15) is 0 Å². The highest BCUT2D eigenvalue weighted by molar-refractivity contribution is 5.93. The third-order valence-corrected chi connectivity index (χ3v) is 11.5. The number of fused-ring (bicyclic) bond motifs is 10. The van der Waals surface area contributed by atoms with Gasteiger partial charge in [-0.15, -0.1) is 0 Å². The molecule has 0 unspecified atom stereocenters. The quantitative estimate of drug-likeness (QED) is 0.183. The Morgan fingerprint density at radius 1 is 0.333 bits per heavy atom. The largest absolute Gasteiger partial charge is 0.310 e. The van der Waals surface area contributed by atoms with Gasteiger partial charge in [0, 0.05) is 22.5 Å². The van der Waals surface area contributed by atoms with Crippen molar-refractivity contribution in [3.63, 3.8) is 0 Å². The molecule has 0 atom stereocenters. The molecule has 0 heterocycles. The lowest BCUT2D eigenvalue weighted by molar-refractivity contribution is 0.563. The van der Waals surface area contributed by atoms with E-state index in [9.17, 15) is 0 Å². The number of anilines is 3. The van der Waals surface area contributed by atoms with E-state index in [1.807, 2.05) is 0 Å². The number of nitrogens with zero attached hydrogens (tertiary/aromatic N) is 1. The molecule has 0 radical (unpaired) electrons. The molecule has 51 heavy (non-hydrogen) atoms. The number of hydrogen-bond acceptors (Lipinski definition) is 1. The zero-order chi connectivity index (χ0) is 34.2. The smallest absolute Gasteiger partial charge is 0.0720 e. The van der Waals surface area contributed by atoms with Gasteiger partial charge in [0.2, 0.25) is 0 Å². The van der Waals surface area contributed by atoms with E-state index in [2.05, 4.69) is 207 Å². The fourth-order valence-corrected chi connectivity index (χ4v) is 9.21. The van der Waals surface area contributed by atoms with E-state index in [0.29, 0.717) is 0 Å². The highest BCUT2D eigenvalue weighted by Crippen LogP contribution is 2.62. The summed E-state index contributed by atoms with van der Waals surface area (Å²) in [6.45, 7) is 4.77. The second kappa shape index (κ2) is 11.2. The zero-order valence-corrected chi connectivity index (χ0v) is 28.8. The van der Waals surface area contributed by atoms with E-state index in [0.717, 1.165) is 17.1 Å². The Bertz CT molecular complexity index is 2580. The molecular formula is C50H37N. The van der Waals surface area contributed by atoms with Gasteiger partial charge in [-0.3, -0.25) is 0 Å². The molecule has 8 aromatic rings. The number of benzene rings is 8. The van der Waals surface area contributed by atoms with Crippen LogP contribution in [0.25, 0.3) is 33.0 Å². The zero-order valence-electron chi connectivity index (χ0n) is 28.8. The van der Waals surface area contributed by atoms with E-state index in [4.69, 9.17) is 0 Å². The van der Waals surface area contributed by atoms with Crippen molar-refractivity contribution < 1.29 is 0 Å². The van der Waals surface area contributed by atoms with E-state index in [1.165, 1.54) is 66.4 Å². The monoisotopic (exact) mass is 651 g/mol. The van der Waals surface area contributed by atoms with Crippen molar-refractivity contribution in [3.05, 3.63) is 221 Å². The average molecular weight is 652 g/mol. The average Bonchev–Trinajstić information content (AvgIpc) is 3.48. The molecule has 1 heteroatoms. The lowest BCUT2D eigenvalue weighted by Gasteiger charge is -2.46. The fraction of sp³-hybridized carbons (Fsp3) is 0.0800. The molecule has 1 spiro atoms. The van der Waals surface area contributed by atoms with Crippen LogP contribution in [0.5, 0.6) is 0 Å². The van der Waals surface area contributed by atoms with Gasteiger partial charge >= 0.3 is 0 Å². The summed E-state index contributed by atoms with van der Waals surface area (Å²) in [6.07, 6.45) is 0. The van der Waals surface area contributed by atoms with Crippen LogP contribution in [-0.2, 0) is 10.8 Å². The van der Waals surface area contributed by atoms with Crippen LogP contribution in [-0.4, -0.2) is 0 Å². The molecule has 2 aliphatic rings. The molecule has 10 rings (SSSR count). The molecule has 0 fully saturated rings. The van der Waals surface area contributed by atoms with Crippen LogP contribution in [0.2, 0.25) is 0 Å². The van der Waals surface area contributed by atoms with Crippen LogP contribution in [0.4, 0.5) is 17.1 Å². The van der Waals surface area contributed by atoms with Gasteiger partial charge in [-0.2, -0.15) is 0 Å². The molecule has 0 bridgehead atoms. The molecular weight excluding hydrogens is 615 g/mol. The third kappa shape index (κ3) is 4.28. The van der Waals surface area contributed by atoms with Gasteiger partial charge in [0.25, 0.3) is 0 Å². The molecule has 0 aliphatic heterocycles. The lowest BCUT2D eigenvalue weighted by atomic mass is 9.55. The molecule has 242 valence electrons. The lowest BCUT2D eigenvalue weighted by Crippen LogP contribution is -2.40. The summed E-state index contributed by atoms with van der Waals surface area (Å²) in [5, 5.41) is 2.46. The molecule has 0 amide bonds. The molecule has 0 aromatic heterocycles. The Morgan fingerprint density at radius 2 is 0.863 bits per heavy atom. The van der Waals surface area contributed by atoms with Gasteiger partial charge in [-0.1, -0.05) is 166 Å². The summed E-state index contributed by atoms with van der Waals surface area (Å²) in [5.41, 5.74) is 16.0. The molecule has 0 saturated carbocycles. The van der Waals surface area contributed by atoms with Crippen LogP contribution in [0.15, 0.2) is 188 Å². The fourth-order valence-electron chi connectivity index (χ4n) is 9.21. The summed E-state index contributed by atoms with van der Waals surface area (Å²) < 4.78 is 0. The van der Waals surface area contributed by atoms with Crippen molar-refractivity contribution in [1.29, 1.82) is 0 Å². The van der Waals surface area contributed by atoms with Crippen LogP contribution in [0.3, 0.4) is 0 Å². The van der Waals surface area contributed by atoms with Crippen LogP contribution >= 0.6 is 0 Å². The Morgan fingerprint density at radius 3 is 1.61 bits per heavy atom. The summed E-state index contributed by atoms with van der Waals surface area (Å²) >= 11 is 0.